The van der Waals surface area contributed by atoms with Crippen LogP contribution in [0.3, 0.4) is 0 Å². The van der Waals surface area contributed by atoms with E-state index in [9.17, 15) is 22.6 Å². The number of hydrogen-bond acceptors (Lipinski definition) is 7. The Labute approximate surface area is 273 Å². The van der Waals surface area contributed by atoms with Gasteiger partial charge in [0.25, 0.3) is 0 Å². The molecule has 0 aliphatic carbocycles. The van der Waals surface area contributed by atoms with Crippen LogP contribution in [0.5, 0.6) is 0 Å². The Hall–Kier alpha value is -0.294. The summed E-state index contributed by atoms with van der Waals surface area (Å²) in [5, 5.41) is -1.37. The summed E-state index contributed by atoms with van der Waals surface area (Å²) < 4.78 is 43.2. The molecule has 0 spiro atoms. The van der Waals surface area contributed by atoms with Gasteiger partial charge in [-0.05, 0) is 25.5 Å². The normalized spacial score (nSPS) is 12.0. The van der Waals surface area contributed by atoms with Crippen LogP contribution in [-0.4, -0.2) is 43.4 Å². The van der Waals surface area contributed by atoms with Crippen molar-refractivity contribution in [3.05, 3.63) is 35.4 Å². The van der Waals surface area contributed by atoms with Gasteiger partial charge in [-0.3, -0.25) is 0 Å². The van der Waals surface area contributed by atoms with Crippen LogP contribution < -0.4 is 51.4 Å². The zero-order valence-electron chi connectivity index (χ0n) is 23.9. The number of ether oxygens (including phenoxy) is 2. The average molecular weight is 579 g/mol. The minimum absolute atomic E-state index is 0. The quantitative estimate of drug-likeness (QED) is 0.0878. The van der Waals surface area contributed by atoms with Gasteiger partial charge >= 0.3 is 63.3 Å². The molecule has 38 heavy (non-hydrogen) atoms. The molecule has 7 nitrogen and oxygen atoms in total. The number of carbonyl (C=O) groups is 2. The van der Waals surface area contributed by atoms with Crippen molar-refractivity contribution in [2.45, 2.75) is 122 Å². The molecule has 0 bridgehead atoms. The van der Waals surface area contributed by atoms with E-state index < -0.39 is 33.9 Å². The van der Waals surface area contributed by atoms with E-state index in [2.05, 4.69) is 6.92 Å². The Morgan fingerprint density at radius 3 is 1.47 bits per heavy atom. The second kappa shape index (κ2) is 23.4. The van der Waals surface area contributed by atoms with E-state index >= 15 is 0 Å². The van der Waals surface area contributed by atoms with Crippen LogP contribution in [-0.2, 0) is 19.6 Å². The summed E-state index contributed by atoms with van der Waals surface area (Å²) in [6.07, 6.45) is 20.2. The summed E-state index contributed by atoms with van der Waals surface area (Å²) in [4.78, 5) is 24.8. The molecule has 0 heterocycles. The van der Waals surface area contributed by atoms with Crippen LogP contribution in [0, 0.1) is 0 Å². The first kappa shape index (κ1) is 37.7. The molecule has 1 unspecified atom stereocenters. The molecule has 0 amide bonds. The Kier molecular flexibility index (Phi) is 23.2. The maximum absolute atomic E-state index is 12.5. The summed E-state index contributed by atoms with van der Waals surface area (Å²) in [5.41, 5.74) is 0.0385. The zero-order valence-corrected chi connectivity index (χ0v) is 27.8. The van der Waals surface area contributed by atoms with Crippen molar-refractivity contribution in [3.8, 4) is 0 Å². The van der Waals surface area contributed by atoms with Gasteiger partial charge in [-0.15, -0.1) is 0 Å². The molecule has 0 aliphatic heterocycles. The van der Waals surface area contributed by atoms with Gasteiger partial charge < -0.3 is 14.0 Å². The topological polar surface area (TPSA) is 110 Å². The monoisotopic (exact) mass is 578 g/mol. The van der Waals surface area contributed by atoms with Crippen molar-refractivity contribution in [3.63, 3.8) is 0 Å². The first-order valence-corrected chi connectivity index (χ1v) is 15.6. The second-order valence-electron chi connectivity index (χ2n) is 9.89. The molecule has 0 radical (unpaired) electrons. The van der Waals surface area contributed by atoms with Gasteiger partial charge in [-0.2, -0.15) is 0 Å². The summed E-state index contributed by atoms with van der Waals surface area (Å²) in [7, 11) is -4.56. The van der Waals surface area contributed by atoms with Crippen molar-refractivity contribution in [1.29, 1.82) is 0 Å². The van der Waals surface area contributed by atoms with Crippen LogP contribution in [0.1, 0.15) is 137 Å². The first-order chi connectivity index (χ1) is 17.8. The summed E-state index contributed by atoms with van der Waals surface area (Å²) in [6.45, 7) is 3.11. The van der Waals surface area contributed by atoms with Gasteiger partial charge in [0.1, 0.15) is 16.7 Å². The smallest absolute Gasteiger partial charge is 0.748 e. The fourth-order valence-corrected chi connectivity index (χ4v) is 4.32. The van der Waals surface area contributed by atoms with Crippen LogP contribution in [0.2, 0.25) is 0 Å². The molecule has 1 aromatic rings. The Bertz CT molecular complexity index is 873. The largest absolute Gasteiger partial charge is 1.00 e. The molecule has 0 aliphatic rings. The Balaban J connectivity index is 0.0000137. The molecule has 0 fully saturated rings. The average Bonchev–Trinajstić information content (AvgIpc) is 2.88. The van der Waals surface area contributed by atoms with Crippen molar-refractivity contribution >= 4 is 22.1 Å². The van der Waals surface area contributed by atoms with Crippen molar-refractivity contribution in [2.75, 3.05) is 13.2 Å². The van der Waals surface area contributed by atoms with E-state index in [1.54, 1.807) is 12.1 Å². The van der Waals surface area contributed by atoms with Crippen LogP contribution in [0.4, 0.5) is 0 Å². The number of benzene rings is 1. The predicted molar refractivity (Wildman–Crippen MR) is 146 cm³/mol. The maximum atomic E-state index is 12.5. The molecular formula is C29H47KO7S. The van der Waals surface area contributed by atoms with E-state index in [1.807, 2.05) is 0 Å². The second-order valence-corrected chi connectivity index (χ2v) is 11.7. The third-order valence-electron chi connectivity index (χ3n) is 6.54. The Morgan fingerprint density at radius 2 is 1.08 bits per heavy atom. The van der Waals surface area contributed by atoms with Gasteiger partial charge in [-0.25, -0.2) is 18.0 Å². The fourth-order valence-electron chi connectivity index (χ4n) is 4.09. The van der Waals surface area contributed by atoms with E-state index in [0.29, 0.717) is 0 Å². The van der Waals surface area contributed by atoms with Crippen LogP contribution in [0.25, 0.3) is 0 Å². The Morgan fingerprint density at radius 1 is 0.711 bits per heavy atom. The predicted octanol–water partition coefficient (Wildman–Crippen LogP) is 4.20. The van der Waals surface area contributed by atoms with E-state index in [4.69, 9.17) is 9.47 Å². The van der Waals surface area contributed by atoms with Gasteiger partial charge in [0.2, 0.25) is 0 Å². The minimum Gasteiger partial charge on any atom is -0.748 e. The van der Waals surface area contributed by atoms with Gasteiger partial charge in [0.15, 0.2) is 0 Å². The minimum atomic E-state index is -4.56. The standard InChI is InChI=1S/C29H48O7S.K/c1-3-4-5-6-7-8-9-10-11-12-13-14-15-16-17-20-23-35-28(30)26-21-18-19-22-27(26)29(31)36-24-25(2)37(32,33)34;/h18-19,21-22,25H,3-17,20,23-24H2,1-2H3,(H,32,33,34);/q;+1/p-1. The maximum Gasteiger partial charge on any atom is 1.00 e. The SMILES string of the molecule is CCCCCCCCCCCCCCCCCCOC(=O)c1ccccc1C(=O)OCC(C)S(=O)(=O)[O-].[K+]. The summed E-state index contributed by atoms with van der Waals surface area (Å²) >= 11 is 0. The molecule has 0 N–H and O–H groups in total. The van der Waals surface area contributed by atoms with Gasteiger partial charge in [-0.1, -0.05) is 115 Å². The number of carbonyl (C=O) groups excluding carboxylic acids is 2. The molecule has 9 heteroatoms. The number of unbranched alkanes of at least 4 members (excludes halogenated alkanes) is 15. The van der Waals surface area contributed by atoms with Crippen LogP contribution >= 0.6 is 0 Å². The first-order valence-electron chi connectivity index (χ1n) is 14.1. The molecule has 1 aromatic carbocycles. The molecule has 0 saturated carbocycles. The van der Waals surface area contributed by atoms with Crippen molar-refractivity contribution in [2.24, 2.45) is 0 Å². The number of esters is 2. The molecule has 0 aromatic heterocycles. The molecule has 212 valence electrons. The summed E-state index contributed by atoms with van der Waals surface area (Å²) in [6, 6.07) is 6.04. The zero-order chi connectivity index (χ0) is 27.4. The third kappa shape index (κ3) is 18.1. The van der Waals surface area contributed by atoms with E-state index in [1.165, 1.54) is 95.6 Å². The number of hydrogen-bond donors (Lipinski definition) is 0. The van der Waals surface area contributed by atoms with Crippen LogP contribution in [0.15, 0.2) is 24.3 Å². The molecule has 1 atom stereocenters. The van der Waals surface area contributed by atoms with E-state index in [-0.39, 0.29) is 69.1 Å². The number of rotatable bonds is 22. The van der Waals surface area contributed by atoms with Crippen molar-refractivity contribution < 1.29 is 83.4 Å². The fraction of sp³-hybridized carbons (Fsp3) is 0.724. The molecular weight excluding hydrogens is 531 g/mol. The molecule has 0 saturated heterocycles. The van der Waals surface area contributed by atoms with Gasteiger partial charge in [0.05, 0.1) is 23.0 Å². The third-order valence-corrected chi connectivity index (χ3v) is 7.66. The van der Waals surface area contributed by atoms with E-state index in [0.717, 1.165) is 26.2 Å². The van der Waals surface area contributed by atoms with Gasteiger partial charge in [0, 0.05) is 0 Å². The molecule has 1 rings (SSSR count). The summed E-state index contributed by atoms with van der Waals surface area (Å²) in [5.74, 6) is -1.50. The van der Waals surface area contributed by atoms with Crippen molar-refractivity contribution in [1.82, 2.24) is 0 Å².